The second-order valence-corrected chi connectivity index (χ2v) is 11.0. The van der Waals surface area contributed by atoms with Crippen molar-refractivity contribution in [2.45, 2.75) is 44.7 Å². The SMILES string of the molecule is C=C(NC)N1CCC(c2nc(-c3cccc4nc(-c5cnn(C)c5)c(C(F)F)cc34)c3n2[C@H](C)C(=O)N(C)C3)CC1. The number of imidazole rings is 1. The Balaban J connectivity index is 1.50. The van der Waals surface area contributed by atoms with Gasteiger partial charge in [0.1, 0.15) is 11.9 Å². The van der Waals surface area contributed by atoms with Gasteiger partial charge in [-0.05, 0) is 31.9 Å². The van der Waals surface area contributed by atoms with Gasteiger partial charge in [-0.2, -0.15) is 5.10 Å². The van der Waals surface area contributed by atoms with Crippen molar-refractivity contribution in [3.05, 3.63) is 66.1 Å². The highest BCUT2D eigenvalue weighted by atomic mass is 19.3. The molecule has 41 heavy (non-hydrogen) atoms. The summed E-state index contributed by atoms with van der Waals surface area (Å²) in [5.41, 5.74) is 3.58. The maximum absolute atomic E-state index is 14.4. The number of pyridine rings is 1. The van der Waals surface area contributed by atoms with Crippen molar-refractivity contribution in [1.29, 1.82) is 0 Å². The number of hydrogen-bond donors (Lipinski definition) is 1. The number of alkyl halides is 2. The number of halogens is 2. The number of piperidine rings is 1. The predicted octanol–water partition coefficient (Wildman–Crippen LogP) is 4.84. The van der Waals surface area contributed by atoms with Gasteiger partial charge in [0.25, 0.3) is 6.43 Å². The average molecular weight is 561 g/mol. The van der Waals surface area contributed by atoms with E-state index in [4.69, 9.17) is 9.97 Å². The second kappa shape index (κ2) is 10.3. The maximum atomic E-state index is 14.4. The van der Waals surface area contributed by atoms with Crippen molar-refractivity contribution in [2.75, 3.05) is 27.2 Å². The molecule has 214 valence electrons. The zero-order valence-corrected chi connectivity index (χ0v) is 23.7. The van der Waals surface area contributed by atoms with E-state index in [0.717, 1.165) is 54.5 Å². The lowest BCUT2D eigenvalue weighted by Crippen LogP contribution is -2.41. The van der Waals surface area contributed by atoms with Gasteiger partial charge in [-0.3, -0.25) is 9.48 Å². The molecule has 2 aliphatic rings. The van der Waals surface area contributed by atoms with E-state index in [2.05, 4.69) is 26.5 Å². The molecule has 1 amide bonds. The first-order valence-electron chi connectivity index (χ1n) is 13.9. The molecule has 11 heteroatoms. The Morgan fingerprint density at radius 2 is 1.90 bits per heavy atom. The maximum Gasteiger partial charge on any atom is 0.265 e. The summed E-state index contributed by atoms with van der Waals surface area (Å²) in [6.45, 7) is 8.05. The zero-order chi connectivity index (χ0) is 29.0. The Kier molecular flexibility index (Phi) is 6.75. The number of hydrogen-bond acceptors (Lipinski definition) is 6. The molecule has 1 aromatic carbocycles. The first-order valence-corrected chi connectivity index (χ1v) is 13.9. The van der Waals surface area contributed by atoms with Gasteiger partial charge in [-0.1, -0.05) is 18.7 Å². The third-order valence-corrected chi connectivity index (χ3v) is 8.43. The van der Waals surface area contributed by atoms with E-state index in [-0.39, 0.29) is 23.1 Å². The first kappa shape index (κ1) is 26.9. The van der Waals surface area contributed by atoms with Gasteiger partial charge in [0.15, 0.2) is 0 Å². The van der Waals surface area contributed by atoms with Crippen molar-refractivity contribution >= 4 is 16.8 Å². The van der Waals surface area contributed by atoms with Crippen molar-refractivity contribution in [3.63, 3.8) is 0 Å². The van der Waals surface area contributed by atoms with E-state index >= 15 is 0 Å². The molecule has 1 atom stereocenters. The predicted molar refractivity (Wildman–Crippen MR) is 153 cm³/mol. The minimum Gasteiger partial charge on any atom is -0.375 e. The number of carbonyl (C=O) groups excluding carboxylic acids is 1. The van der Waals surface area contributed by atoms with E-state index in [9.17, 15) is 13.6 Å². The van der Waals surface area contributed by atoms with E-state index in [1.54, 1.807) is 42.1 Å². The molecule has 3 aromatic heterocycles. The Hall–Kier alpha value is -4.28. The van der Waals surface area contributed by atoms with Gasteiger partial charge >= 0.3 is 0 Å². The van der Waals surface area contributed by atoms with E-state index in [1.165, 1.54) is 0 Å². The van der Waals surface area contributed by atoms with Crippen LogP contribution >= 0.6 is 0 Å². The van der Waals surface area contributed by atoms with Gasteiger partial charge in [0.05, 0.1) is 41.2 Å². The zero-order valence-electron chi connectivity index (χ0n) is 23.7. The van der Waals surface area contributed by atoms with Crippen molar-refractivity contribution in [3.8, 4) is 22.5 Å². The van der Waals surface area contributed by atoms with Crippen LogP contribution in [0.2, 0.25) is 0 Å². The standard InChI is InChI=1S/C30H34F2N8O/c1-17-30(41)37(4)16-25-27(36-29(40(17)25)19-9-11-39(12-10-19)18(2)33-3)21-7-6-8-24-22(21)13-23(28(31)32)26(35-24)20-14-34-38(5)15-20/h6-8,13-15,17,19,28,33H,2,9-12,16H2,1,3-5H3/t17-/m1/s1. The van der Waals surface area contributed by atoms with E-state index in [0.29, 0.717) is 23.0 Å². The van der Waals surface area contributed by atoms with Crippen molar-refractivity contribution in [1.82, 2.24) is 39.4 Å². The summed E-state index contributed by atoms with van der Waals surface area (Å²) in [5.74, 6) is 1.96. The van der Waals surface area contributed by atoms with Crippen LogP contribution in [-0.2, 0) is 18.4 Å². The highest BCUT2D eigenvalue weighted by Crippen LogP contribution is 2.41. The van der Waals surface area contributed by atoms with Crippen LogP contribution in [0.25, 0.3) is 33.4 Å². The van der Waals surface area contributed by atoms with Crippen LogP contribution < -0.4 is 5.32 Å². The summed E-state index contributed by atoms with van der Waals surface area (Å²) in [5, 5.41) is 7.88. The second-order valence-electron chi connectivity index (χ2n) is 11.0. The van der Waals surface area contributed by atoms with Gasteiger partial charge in [-0.25, -0.2) is 18.7 Å². The number of aryl methyl sites for hydroxylation is 1. The Bertz CT molecular complexity index is 1650. The summed E-state index contributed by atoms with van der Waals surface area (Å²) >= 11 is 0. The number of likely N-dealkylation sites (N-methyl/N-ethyl adjacent to an activating group) is 1. The van der Waals surface area contributed by atoms with Crippen LogP contribution in [0.1, 0.15) is 55.2 Å². The number of carbonyl (C=O) groups is 1. The number of rotatable bonds is 6. The summed E-state index contributed by atoms with van der Waals surface area (Å²) in [4.78, 5) is 26.9. The van der Waals surface area contributed by atoms with Crippen LogP contribution in [0.4, 0.5) is 8.78 Å². The number of nitrogens with one attached hydrogen (secondary N) is 1. The van der Waals surface area contributed by atoms with Gasteiger partial charge in [-0.15, -0.1) is 0 Å². The molecule has 9 nitrogen and oxygen atoms in total. The van der Waals surface area contributed by atoms with Crippen LogP contribution in [0.15, 0.2) is 49.1 Å². The lowest BCUT2D eigenvalue weighted by Gasteiger charge is -2.36. The molecule has 0 saturated carbocycles. The number of benzene rings is 1. The molecule has 1 saturated heterocycles. The molecule has 1 N–H and O–H groups in total. The van der Waals surface area contributed by atoms with Crippen LogP contribution in [0.3, 0.4) is 0 Å². The van der Waals surface area contributed by atoms with E-state index < -0.39 is 12.5 Å². The van der Waals surface area contributed by atoms with E-state index in [1.807, 2.05) is 32.2 Å². The largest absolute Gasteiger partial charge is 0.375 e. The number of aromatic nitrogens is 5. The normalized spacial score (nSPS) is 17.9. The number of nitrogens with zero attached hydrogens (tertiary/aromatic N) is 7. The van der Waals surface area contributed by atoms with Crippen molar-refractivity contribution < 1.29 is 13.6 Å². The fourth-order valence-corrected chi connectivity index (χ4v) is 6.23. The highest BCUT2D eigenvalue weighted by molar-refractivity contribution is 5.96. The molecule has 0 aliphatic carbocycles. The Morgan fingerprint density at radius 1 is 1.15 bits per heavy atom. The summed E-state index contributed by atoms with van der Waals surface area (Å²) in [6.07, 6.45) is 2.26. The monoisotopic (exact) mass is 560 g/mol. The van der Waals surface area contributed by atoms with Gasteiger partial charge < -0.3 is 19.7 Å². The smallest absolute Gasteiger partial charge is 0.265 e. The molecular weight excluding hydrogens is 526 g/mol. The molecule has 4 aromatic rings. The quantitative estimate of drug-likeness (QED) is 0.364. The lowest BCUT2D eigenvalue weighted by atomic mass is 9.95. The topological polar surface area (TPSA) is 84.1 Å². The highest BCUT2D eigenvalue weighted by Gasteiger charge is 2.36. The average Bonchev–Trinajstić information content (AvgIpc) is 3.58. The molecule has 0 spiro atoms. The lowest BCUT2D eigenvalue weighted by molar-refractivity contribution is -0.135. The third kappa shape index (κ3) is 4.53. The molecule has 5 heterocycles. The Labute approximate surface area is 237 Å². The fraction of sp³-hybridized carbons (Fsp3) is 0.400. The first-order chi connectivity index (χ1) is 19.7. The molecule has 2 aliphatic heterocycles. The summed E-state index contributed by atoms with van der Waals surface area (Å²) in [6, 6.07) is 6.76. The third-order valence-electron chi connectivity index (χ3n) is 8.43. The number of amides is 1. The minimum absolute atomic E-state index is 0.0318. The summed E-state index contributed by atoms with van der Waals surface area (Å²) < 4.78 is 32.5. The molecule has 1 fully saturated rings. The minimum atomic E-state index is -2.72. The van der Waals surface area contributed by atoms with Crippen molar-refractivity contribution in [2.24, 2.45) is 7.05 Å². The molecule has 0 bridgehead atoms. The number of fused-ring (bicyclic) bond motifs is 2. The van der Waals surface area contributed by atoms with Crippen LogP contribution in [-0.4, -0.2) is 67.2 Å². The van der Waals surface area contributed by atoms with Crippen LogP contribution in [0, 0.1) is 0 Å². The molecule has 6 rings (SSSR count). The molecular formula is C30H34F2N8O. The van der Waals surface area contributed by atoms with Crippen LogP contribution in [0.5, 0.6) is 0 Å². The van der Waals surface area contributed by atoms with Gasteiger partial charge in [0.2, 0.25) is 5.91 Å². The molecule has 0 radical (unpaired) electrons. The Morgan fingerprint density at radius 3 is 2.56 bits per heavy atom. The number of likely N-dealkylation sites (tertiary alicyclic amines) is 1. The van der Waals surface area contributed by atoms with Gasteiger partial charge in [0, 0.05) is 68.4 Å². The molecule has 0 unspecified atom stereocenters. The fourth-order valence-electron chi connectivity index (χ4n) is 6.23. The summed E-state index contributed by atoms with van der Waals surface area (Å²) in [7, 11) is 5.40.